The number of nitrogens with one attached hydrogen (secondary N) is 1. The zero-order valence-electron chi connectivity index (χ0n) is 21.8. The molecule has 5 nitrogen and oxygen atoms in total. The average molecular weight is 507 g/mol. The first-order valence-corrected chi connectivity index (χ1v) is 15.3. The molecule has 0 spiro atoms. The van der Waals surface area contributed by atoms with Crippen molar-refractivity contribution in [1.82, 2.24) is 15.0 Å². The minimum absolute atomic E-state index is 0.548. The fraction of sp³-hybridized carbons (Fsp3) is 0.741. The Bertz CT molecular complexity index is 735. The quantitative estimate of drug-likeness (QED) is 0.155. The highest BCUT2D eigenvalue weighted by Gasteiger charge is 2.34. The van der Waals surface area contributed by atoms with E-state index in [9.17, 15) is 5.11 Å². The summed E-state index contributed by atoms with van der Waals surface area (Å²) in [5.41, 5.74) is 0.296. The molecule has 0 fully saturated rings. The summed E-state index contributed by atoms with van der Waals surface area (Å²) in [6.07, 6.45) is 20.7. The van der Waals surface area contributed by atoms with Crippen LogP contribution in [0.15, 0.2) is 34.1 Å². The number of aliphatic hydroxyl groups excluding tert-OH is 1. The third kappa shape index (κ3) is 10.7. The molecule has 1 aliphatic carbocycles. The molecule has 0 bridgehead atoms. The highest BCUT2D eigenvalue weighted by Crippen LogP contribution is 2.28. The van der Waals surface area contributed by atoms with E-state index in [-0.39, 0.29) is 0 Å². The predicted octanol–water partition coefficient (Wildman–Crippen LogP) is 7.82. The van der Waals surface area contributed by atoms with Crippen molar-refractivity contribution in [2.75, 3.05) is 16.8 Å². The van der Waals surface area contributed by atoms with Gasteiger partial charge in [0.25, 0.3) is 0 Å². The van der Waals surface area contributed by atoms with Crippen molar-refractivity contribution < 1.29 is 5.11 Å². The van der Waals surface area contributed by atoms with Gasteiger partial charge in [-0.15, -0.1) is 0 Å². The predicted molar refractivity (Wildman–Crippen MR) is 149 cm³/mol. The Kier molecular flexibility index (Phi) is 14.2. The molecule has 0 saturated carbocycles. The molecule has 0 amide bonds. The number of nitrogens with zero attached hydrogens (tertiary/aromatic N) is 3. The number of aromatic nitrogens is 3. The van der Waals surface area contributed by atoms with Crippen LogP contribution in [0.2, 0.25) is 0 Å². The van der Waals surface area contributed by atoms with Crippen molar-refractivity contribution in [3.05, 3.63) is 23.8 Å². The smallest absolute Gasteiger partial charge is 0.228 e. The van der Waals surface area contributed by atoms with Gasteiger partial charge in [-0.3, -0.25) is 0 Å². The van der Waals surface area contributed by atoms with Gasteiger partial charge in [0.1, 0.15) is 6.10 Å². The van der Waals surface area contributed by atoms with Gasteiger partial charge in [0.05, 0.1) is 5.54 Å². The fourth-order valence-electron chi connectivity index (χ4n) is 4.02. The van der Waals surface area contributed by atoms with Crippen molar-refractivity contribution in [3.63, 3.8) is 0 Å². The second-order valence-corrected chi connectivity index (χ2v) is 11.7. The summed E-state index contributed by atoms with van der Waals surface area (Å²) >= 11 is 3.44. The molecule has 1 aromatic rings. The van der Waals surface area contributed by atoms with E-state index < -0.39 is 11.6 Å². The topological polar surface area (TPSA) is 70.9 Å². The second-order valence-electron chi connectivity index (χ2n) is 9.54. The van der Waals surface area contributed by atoms with E-state index in [0.717, 1.165) is 27.4 Å². The highest BCUT2D eigenvalue weighted by atomic mass is 32.2. The third-order valence-electron chi connectivity index (χ3n) is 6.23. The minimum Gasteiger partial charge on any atom is -0.386 e. The van der Waals surface area contributed by atoms with Crippen LogP contribution in [0.4, 0.5) is 5.95 Å². The third-order valence-corrected chi connectivity index (χ3v) is 8.10. The second kappa shape index (κ2) is 16.6. The van der Waals surface area contributed by atoms with Gasteiger partial charge < -0.3 is 10.4 Å². The Balaban J connectivity index is 1.97. The van der Waals surface area contributed by atoms with E-state index in [1.165, 1.54) is 77.0 Å². The van der Waals surface area contributed by atoms with Crippen LogP contribution in [-0.2, 0) is 0 Å². The molecule has 0 aromatic carbocycles. The van der Waals surface area contributed by atoms with Gasteiger partial charge in [-0.2, -0.15) is 15.0 Å². The van der Waals surface area contributed by atoms with Gasteiger partial charge >= 0.3 is 0 Å². The molecule has 1 aromatic heterocycles. The molecule has 1 aliphatic rings. The van der Waals surface area contributed by atoms with Crippen LogP contribution in [0.25, 0.3) is 0 Å². The molecule has 34 heavy (non-hydrogen) atoms. The van der Waals surface area contributed by atoms with Crippen molar-refractivity contribution >= 4 is 29.5 Å². The molecule has 1 heterocycles. The number of aliphatic hydroxyl groups is 1. The summed E-state index contributed by atoms with van der Waals surface area (Å²) in [6.45, 7) is 8.45. The SMILES string of the molecule is CCCCCCCCSc1nc(NC2(C)C=CC=C(C)C2O)nc(SCCCCCCCC)n1. The molecule has 192 valence electrons. The summed E-state index contributed by atoms with van der Waals surface area (Å²) in [5, 5.41) is 15.7. The lowest BCUT2D eigenvalue weighted by molar-refractivity contribution is 0.160. The number of allylic oxidation sites excluding steroid dienone is 2. The maximum atomic E-state index is 10.8. The lowest BCUT2D eigenvalue weighted by Crippen LogP contribution is -2.47. The van der Waals surface area contributed by atoms with Gasteiger partial charge in [-0.25, -0.2) is 0 Å². The number of thioether (sulfide) groups is 2. The largest absolute Gasteiger partial charge is 0.386 e. The van der Waals surface area contributed by atoms with Gasteiger partial charge in [-0.05, 0) is 32.3 Å². The zero-order chi connectivity index (χ0) is 24.7. The Morgan fingerprint density at radius 1 is 0.824 bits per heavy atom. The van der Waals surface area contributed by atoms with Crippen LogP contribution >= 0.6 is 23.5 Å². The number of hydrogen-bond acceptors (Lipinski definition) is 7. The molecule has 2 N–H and O–H groups in total. The first kappa shape index (κ1) is 29.2. The van der Waals surface area contributed by atoms with E-state index in [0.29, 0.717) is 5.95 Å². The summed E-state index contributed by atoms with van der Waals surface area (Å²) in [7, 11) is 0. The lowest BCUT2D eigenvalue weighted by atomic mass is 9.86. The molecular weight excluding hydrogens is 460 g/mol. The summed E-state index contributed by atoms with van der Waals surface area (Å²) in [5.74, 6) is 2.60. The van der Waals surface area contributed by atoms with Gasteiger partial charge in [-0.1, -0.05) is 120 Å². The Morgan fingerprint density at radius 3 is 1.85 bits per heavy atom. The molecule has 2 rings (SSSR count). The maximum Gasteiger partial charge on any atom is 0.228 e. The van der Waals surface area contributed by atoms with Gasteiger partial charge in [0, 0.05) is 11.5 Å². The van der Waals surface area contributed by atoms with Crippen molar-refractivity contribution in [3.8, 4) is 0 Å². The van der Waals surface area contributed by atoms with Crippen LogP contribution in [0.5, 0.6) is 0 Å². The summed E-state index contributed by atoms with van der Waals surface area (Å²) < 4.78 is 0. The van der Waals surface area contributed by atoms with E-state index >= 15 is 0 Å². The van der Waals surface area contributed by atoms with Crippen LogP contribution in [-0.4, -0.2) is 43.2 Å². The monoisotopic (exact) mass is 506 g/mol. The normalized spacial score (nSPS) is 19.9. The first-order valence-electron chi connectivity index (χ1n) is 13.3. The van der Waals surface area contributed by atoms with Crippen LogP contribution in [0.3, 0.4) is 0 Å². The van der Waals surface area contributed by atoms with Crippen LogP contribution in [0.1, 0.15) is 105 Å². The maximum absolute atomic E-state index is 10.8. The molecular formula is C27H46N4OS2. The van der Waals surface area contributed by atoms with E-state index in [2.05, 4.69) is 19.2 Å². The average Bonchev–Trinajstić information content (AvgIpc) is 2.81. The van der Waals surface area contributed by atoms with Crippen LogP contribution < -0.4 is 5.32 Å². The highest BCUT2D eigenvalue weighted by molar-refractivity contribution is 7.99. The summed E-state index contributed by atoms with van der Waals surface area (Å²) in [6, 6.07) is 0. The van der Waals surface area contributed by atoms with Gasteiger partial charge in [0.2, 0.25) is 5.95 Å². The fourth-order valence-corrected chi connectivity index (χ4v) is 5.74. The molecule has 2 unspecified atom stereocenters. The van der Waals surface area contributed by atoms with Crippen molar-refractivity contribution in [2.45, 2.75) is 127 Å². The molecule has 0 saturated heterocycles. The Morgan fingerprint density at radius 2 is 1.32 bits per heavy atom. The van der Waals surface area contributed by atoms with E-state index in [1.54, 1.807) is 23.5 Å². The van der Waals surface area contributed by atoms with E-state index in [1.807, 2.05) is 32.1 Å². The molecule has 0 radical (unpaired) electrons. The lowest BCUT2D eigenvalue weighted by Gasteiger charge is -2.35. The standard InChI is InChI=1S/C27H46N4OS2/c1-5-7-9-11-13-15-20-33-25-28-24(31-27(4)19-17-18-22(3)23(27)32)29-26(30-25)34-21-16-14-12-10-8-6-2/h17-19,23,32H,5-16,20-21H2,1-4H3,(H,28,29,30,31). The van der Waals surface area contributed by atoms with Crippen molar-refractivity contribution in [1.29, 1.82) is 0 Å². The van der Waals surface area contributed by atoms with E-state index in [4.69, 9.17) is 15.0 Å². The molecule has 7 heteroatoms. The van der Waals surface area contributed by atoms with Crippen molar-refractivity contribution in [2.24, 2.45) is 0 Å². The number of hydrogen-bond donors (Lipinski definition) is 2. The van der Waals surface area contributed by atoms with Gasteiger partial charge in [0.15, 0.2) is 10.3 Å². The Hall–Kier alpha value is -1.05. The first-order chi connectivity index (χ1) is 16.5. The summed E-state index contributed by atoms with van der Waals surface area (Å²) in [4.78, 5) is 14.2. The Labute approximate surface area is 216 Å². The number of anilines is 1. The molecule has 0 aliphatic heterocycles. The minimum atomic E-state index is -0.636. The number of rotatable bonds is 18. The molecule has 2 atom stereocenters. The van der Waals surface area contributed by atoms with Crippen LogP contribution in [0, 0.1) is 0 Å². The zero-order valence-corrected chi connectivity index (χ0v) is 23.4. The number of unbranched alkanes of at least 4 members (excludes halogenated alkanes) is 10.